The van der Waals surface area contributed by atoms with Crippen molar-refractivity contribution in [1.82, 2.24) is 4.98 Å². The predicted molar refractivity (Wildman–Crippen MR) is 87.9 cm³/mol. The van der Waals surface area contributed by atoms with E-state index in [0.29, 0.717) is 11.0 Å². The van der Waals surface area contributed by atoms with Crippen LogP contribution in [0.1, 0.15) is 31.9 Å². The van der Waals surface area contributed by atoms with Gasteiger partial charge in [0.1, 0.15) is 0 Å². The molecule has 1 amide bonds. The number of sulfone groups is 1. The third kappa shape index (κ3) is 4.38. The first-order chi connectivity index (χ1) is 10.4. The number of amides is 1. The highest BCUT2D eigenvalue weighted by atomic mass is 32.2. The van der Waals surface area contributed by atoms with Crippen molar-refractivity contribution in [2.75, 3.05) is 11.1 Å². The van der Waals surface area contributed by atoms with E-state index in [9.17, 15) is 13.2 Å². The quantitative estimate of drug-likeness (QED) is 0.878. The topological polar surface area (TPSA) is 76.1 Å². The van der Waals surface area contributed by atoms with Gasteiger partial charge in [0, 0.05) is 11.8 Å². The predicted octanol–water partition coefficient (Wildman–Crippen LogP) is 3.07. The second-order valence-electron chi connectivity index (χ2n) is 5.16. The van der Waals surface area contributed by atoms with Gasteiger partial charge in [-0.25, -0.2) is 13.4 Å². The van der Waals surface area contributed by atoms with Crippen LogP contribution in [-0.4, -0.2) is 25.1 Å². The number of benzene rings is 1. The van der Waals surface area contributed by atoms with E-state index in [1.807, 2.05) is 19.2 Å². The van der Waals surface area contributed by atoms with Crippen LogP contribution in [0.5, 0.6) is 0 Å². The molecule has 22 heavy (non-hydrogen) atoms. The molecule has 5 nitrogen and oxygen atoms in total. The maximum atomic E-state index is 12.1. The molecule has 1 aromatic carbocycles. The minimum absolute atomic E-state index is 0.0895. The average Bonchev–Trinajstić information content (AvgIpc) is 2.95. The third-order valence-corrected chi connectivity index (χ3v) is 5.57. The summed E-state index contributed by atoms with van der Waals surface area (Å²) >= 11 is 1.34. The van der Waals surface area contributed by atoms with Crippen LogP contribution < -0.4 is 5.32 Å². The highest BCUT2D eigenvalue weighted by molar-refractivity contribution is 7.91. The molecule has 0 spiro atoms. The molecule has 1 N–H and O–H groups in total. The van der Waals surface area contributed by atoms with E-state index in [4.69, 9.17) is 0 Å². The molecule has 2 aromatic rings. The lowest BCUT2D eigenvalue weighted by Crippen LogP contribution is -2.17. The largest absolute Gasteiger partial charge is 0.302 e. The molecule has 0 fully saturated rings. The molecule has 1 aromatic heterocycles. The van der Waals surface area contributed by atoms with Crippen molar-refractivity contribution in [1.29, 1.82) is 0 Å². The summed E-state index contributed by atoms with van der Waals surface area (Å²) in [5.74, 6) is -0.268. The molecule has 0 saturated carbocycles. The molecule has 0 unspecified atom stereocenters. The molecule has 0 radical (unpaired) electrons. The Labute approximate surface area is 134 Å². The van der Waals surface area contributed by atoms with Gasteiger partial charge in [0.25, 0.3) is 0 Å². The van der Waals surface area contributed by atoms with E-state index in [1.165, 1.54) is 23.5 Å². The van der Waals surface area contributed by atoms with Crippen LogP contribution in [0.15, 0.2) is 40.6 Å². The summed E-state index contributed by atoms with van der Waals surface area (Å²) in [6.07, 6.45) is -0.0895. The van der Waals surface area contributed by atoms with Crippen LogP contribution in [0.3, 0.4) is 0 Å². The maximum Gasteiger partial charge on any atom is 0.227 e. The Morgan fingerprint density at radius 2 is 1.95 bits per heavy atom. The number of anilines is 1. The summed E-state index contributed by atoms with van der Waals surface area (Å²) < 4.78 is 24.2. The second kappa shape index (κ2) is 7.02. The molecule has 118 valence electrons. The van der Waals surface area contributed by atoms with E-state index >= 15 is 0 Å². The summed E-state index contributed by atoms with van der Waals surface area (Å²) in [4.78, 5) is 16.4. The molecule has 0 aliphatic carbocycles. The van der Waals surface area contributed by atoms with Gasteiger partial charge in [0.05, 0.1) is 16.3 Å². The van der Waals surface area contributed by atoms with Crippen molar-refractivity contribution in [2.24, 2.45) is 0 Å². The van der Waals surface area contributed by atoms with Crippen molar-refractivity contribution in [2.45, 2.75) is 31.1 Å². The lowest BCUT2D eigenvalue weighted by molar-refractivity contribution is -0.115. The van der Waals surface area contributed by atoms with Gasteiger partial charge in [-0.05, 0) is 18.1 Å². The van der Waals surface area contributed by atoms with Gasteiger partial charge in [-0.15, -0.1) is 11.3 Å². The fraction of sp³-hybridized carbons (Fsp3) is 0.333. The number of aromatic nitrogens is 1. The SMILES string of the molecule is CC(C)c1csc(NC(=O)CCS(=O)(=O)c2ccccc2)n1. The summed E-state index contributed by atoms with van der Waals surface area (Å²) in [5, 5.41) is 5.04. The monoisotopic (exact) mass is 338 g/mol. The molecule has 0 bridgehead atoms. The zero-order valence-corrected chi connectivity index (χ0v) is 14.1. The Balaban J connectivity index is 1.92. The first kappa shape index (κ1) is 16.6. The van der Waals surface area contributed by atoms with Crippen LogP contribution >= 0.6 is 11.3 Å². The number of nitrogens with zero attached hydrogens (tertiary/aromatic N) is 1. The highest BCUT2D eigenvalue weighted by Gasteiger charge is 2.16. The Morgan fingerprint density at radius 3 is 2.55 bits per heavy atom. The Kier molecular flexibility index (Phi) is 5.31. The minimum Gasteiger partial charge on any atom is -0.302 e. The van der Waals surface area contributed by atoms with Gasteiger partial charge in [-0.1, -0.05) is 32.0 Å². The van der Waals surface area contributed by atoms with E-state index in [2.05, 4.69) is 10.3 Å². The van der Waals surface area contributed by atoms with Gasteiger partial charge in [0.2, 0.25) is 5.91 Å². The number of rotatable bonds is 6. The van der Waals surface area contributed by atoms with E-state index in [-0.39, 0.29) is 23.0 Å². The van der Waals surface area contributed by atoms with Crippen molar-refractivity contribution >= 4 is 32.2 Å². The molecule has 7 heteroatoms. The molecular formula is C15H18N2O3S2. The fourth-order valence-electron chi connectivity index (χ4n) is 1.76. The molecule has 0 saturated heterocycles. The maximum absolute atomic E-state index is 12.1. The number of carbonyl (C=O) groups is 1. The first-order valence-corrected chi connectivity index (χ1v) is 9.45. The second-order valence-corrected chi connectivity index (χ2v) is 8.13. The molecule has 0 aliphatic rings. The van der Waals surface area contributed by atoms with Crippen LogP contribution in [0.2, 0.25) is 0 Å². The lowest BCUT2D eigenvalue weighted by atomic mass is 10.2. The zero-order chi connectivity index (χ0) is 16.2. The zero-order valence-electron chi connectivity index (χ0n) is 12.4. The summed E-state index contributed by atoms with van der Waals surface area (Å²) in [6, 6.07) is 8.14. The molecule has 1 heterocycles. The lowest BCUT2D eigenvalue weighted by Gasteiger charge is -2.04. The van der Waals surface area contributed by atoms with Crippen molar-refractivity contribution in [3.63, 3.8) is 0 Å². The summed E-state index contributed by atoms with van der Waals surface area (Å²) in [6.45, 7) is 4.04. The highest BCUT2D eigenvalue weighted by Crippen LogP contribution is 2.21. The molecule has 0 atom stereocenters. The van der Waals surface area contributed by atoms with Gasteiger partial charge in [0.15, 0.2) is 15.0 Å². The normalized spacial score (nSPS) is 11.6. The number of hydrogen-bond acceptors (Lipinski definition) is 5. The van der Waals surface area contributed by atoms with Gasteiger partial charge >= 0.3 is 0 Å². The Hall–Kier alpha value is -1.73. The van der Waals surface area contributed by atoms with Gasteiger partial charge in [-0.2, -0.15) is 0 Å². The van der Waals surface area contributed by atoms with Crippen LogP contribution in [-0.2, 0) is 14.6 Å². The number of nitrogens with one attached hydrogen (secondary N) is 1. The van der Waals surface area contributed by atoms with E-state index in [1.54, 1.807) is 18.2 Å². The van der Waals surface area contributed by atoms with Crippen molar-refractivity contribution in [3.8, 4) is 0 Å². The molecule has 2 rings (SSSR count). The smallest absolute Gasteiger partial charge is 0.227 e. The minimum atomic E-state index is -3.43. The summed E-state index contributed by atoms with van der Waals surface area (Å²) in [5.41, 5.74) is 0.914. The Morgan fingerprint density at radius 1 is 1.27 bits per heavy atom. The van der Waals surface area contributed by atoms with Gasteiger partial charge in [-0.3, -0.25) is 4.79 Å². The first-order valence-electron chi connectivity index (χ1n) is 6.91. The fourth-order valence-corrected chi connectivity index (χ4v) is 3.91. The van der Waals surface area contributed by atoms with Crippen LogP contribution in [0, 0.1) is 0 Å². The number of carbonyl (C=O) groups excluding carboxylic acids is 1. The molecular weight excluding hydrogens is 320 g/mol. The Bertz CT molecular complexity index is 737. The summed E-state index contributed by atoms with van der Waals surface area (Å²) in [7, 11) is -3.43. The van der Waals surface area contributed by atoms with Crippen LogP contribution in [0.4, 0.5) is 5.13 Å². The average molecular weight is 338 g/mol. The van der Waals surface area contributed by atoms with Crippen molar-refractivity contribution in [3.05, 3.63) is 41.4 Å². The van der Waals surface area contributed by atoms with Crippen LogP contribution in [0.25, 0.3) is 0 Å². The van der Waals surface area contributed by atoms with E-state index < -0.39 is 9.84 Å². The standard InChI is InChI=1S/C15H18N2O3S2/c1-11(2)13-10-21-15(16-13)17-14(18)8-9-22(19,20)12-6-4-3-5-7-12/h3-7,10-11H,8-9H2,1-2H3,(H,16,17,18). The van der Waals surface area contributed by atoms with Gasteiger partial charge < -0.3 is 5.32 Å². The van der Waals surface area contributed by atoms with E-state index in [0.717, 1.165) is 5.69 Å². The number of hydrogen-bond donors (Lipinski definition) is 1. The van der Waals surface area contributed by atoms with Crippen molar-refractivity contribution < 1.29 is 13.2 Å². The number of thiazole rings is 1. The molecule has 0 aliphatic heterocycles. The third-order valence-electron chi connectivity index (χ3n) is 3.06.